The predicted octanol–water partition coefficient (Wildman–Crippen LogP) is 2.26. The molecule has 1 saturated carbocycles. The molecule has 1 aliphatic carbocycles. The van der Waals surface area contributed by atoms with Crippen molar-refractivity contribution in [3.63, 3.8) is 0 Å². The van der Waals surface area contributed by atoms with Crippen molar-refractivity contribution in [2.75, 3.05) is 19.7 Å². The number of hydrogen-bond donors (Lipinski definition) is 1. The van der Waals surface area contributed by atoms with E-state index in [4.69, 9.17) is 9.84 Å². The second-order valence-electron chi connectivity index (χ2n) is 6.66. The lowest BCUT2D eigenvalue weighted by Gasteiger charge is -2.38. The molecule has 1 heterocycles. The normalized spacial score (nSPS) is 31.6. The van der Waals surface area contributed by atoms with Crippen LogP contribution in [0.3, 0.4) is 0 Å². The Labute approximate surface area is 109 Å². The van der Waals surface area contributed by atoms with Gasteiger partial charge in [0, 0.05) is 19.7 Å². The second-order valence-corrected chi connectivity index (χ2v) is 6.66. The van der Waals surface area contributed by atoms with Crippen LogP contribution >= 0.6 is 0 Å². The maximum atomic E-state index is 12.1. The molecule has 1 amide bonds. The molecule has 0 spiro atoms. The van der Waals surface area contributed by atoms with E-state index in [0.29, 0.717) is 17.8 Å². The fraction of sp³-hybridized carbons (Fsp3) is 0.929. The molecular weight excluding hydrogens is 230 g/mol. The highest BCUT2D eigenvalue weighted by Crippen LogP contribution is 2.43. The lowest BCUT2D eigenvalue weighted by Crippen LogP contribution is -2.47. The SMILES string of the molecule is CC(C)(C)OC(=O)N1CC2CCC(C1)C2CCO. The molecule has 104 valence electrons. The molecule has 1 saturated heterocycles. The van der Waals surface area contributed by atoms with Gasteiger partial charge in [-0.2, -0.15) is 0 Å². The number of nitrogens with zero attached hydrogens (tertiary/aromatic N) is 1. The molecule has 2 atom stereocenters. The van der Waals surface area contributed by atoms with Crippen molar-refractivity contribution < 1.29 is 14.6 Å². The number of aliphatic hydroxyl groups excluding tert-OH is 1. The summed E-state index contributed by atoms with van der Waals surface area (Å²) in [5.74, 6) is 1.72. The molecule has 1 N–H and O–H groups in total. The van der Waals surface area contributed by atoms with Crippen LogP contribution in [0.5, 0.6) is 0 Å². The van der Waals surface area contributed by atoms with E-state index in [0.717, 1.165) is 19.5 Å². The largest absolute Gasteiger partial charge is 0.444 e. The summed E-state index contributed by atoms with van der Waals surface area (Å²) >= 11 is 0. The van der Waals surface area contributed by atoms with Gasteiger partial charge < -0.3 is 14.7 Å². The molecule has 4 nitrogen and oxygen atoms in total. The minimum atomic E-state index is -0.419. The number of fused-ring (bicyclic) bond motifs is 2. The number of amides is 1. The Bertz CT molecular complexity index is 297. The topological polar surface area (TPSA) is 49.8 Å². The number of likely N-dealkylation sites (tertiary alicyclic amines) is 1. The number of ether oxygens (including phenoxy) is 1. The van der Waals surface area contributed by atoms with Crippen molar-refractivity contribution in [3.8, 4) is 0 Å². The molecular formula is C14H25NO3. The molecule has 0 aromatic heterocycles. The van der Waals surface area contributed by atoms with Gasteiger partial charge in [0.2, 0.25) is 0 Å². The Morgan fingerprint density at radius 3 is 2.28 bits per heavy atom. The Hall–Kier alpha value is -0.770. The maximum Gasteiger partial charge on any atom is 0.410 e. The highest BCUT2D eigenvalue weighted by Gasteiger charge is 2.43. The van der Waals surface area contributed by atoms with Crippen LogP contribution in [-0.2, 0) is 4.74 Å². The molecule has 0 radical (unpaired) electrons. The van der Waals surface area contributed by atoms with Crippen LogP contribution in [0.4, 0.5) is 4.79 Å². The average molecular weight is 255 g/mol. The van der Waals surface area contributed by atoms with E-state index in [2.05, 4.69) is 0 Å². The van der Waals surface area contributed by atoms with E-state index in [1.54, 1.807) is 0 Å². The summed E-state index contributed by atoms with van der Waals surface area (Å²) in [6, 6.07) is 0. The Balaban J connectivity index is 1.94. The third-order valence-electron chi connectivity index (χ3n) is 4.14. The molecule has 2 bridgehead atoms. The third-order valence-corrected chi connectivity index (χ3v) is 4.14. The maximum absolute atomic E-state index is 12.1. The fourth-order valence-electron chi connectivity index (χ4n) is 3.43. The van der Waals surface area contributed by atoms with Gasteiger partial charge in [-0.05, 0) is 57.8 Å². The van der Waals surface area contributed by atoms with E-state index in [-0.39, 0.29) is 12.7 Å². The standard InChI is InChI=1S/C14H25NO3/c1-14(2,3)18-13(17)15-8-10-4-5-11(9-15)12(10)6-7-16/h10-12,16H,4-9H2,1-3H3. The molecule has 2 fully saturated rings. The van der Waals surface area contributed by atoms with Crippen molar-refractivity contribution in [2.24, 2.45) is 17.8 Å². The van der Waals surface area contributed by atoms with Crippen LogP contribution in [0.25, 0.3) is 0 Å². The van der Waals surface area contributed by atoms with Crippen LogP contribution in [0.2, 0.25) is 0 Å². The summed E-state index contributed by atoms with van der Waals surface area (Å²) in [6.45, 7) is 7.57. The minimum Gasteiger partial charge on any atom is -0.444 e. The van der Waals surface area contributed by atoms with Crippen molar-refractivity contribution in [2.45, 2.75) is 45.6 Å². The summed E-state index contributed by atoms with van der Waals surface area (Å²) in [5.41, 5.74) is -0.419. The van der Waals surface area contributed by atoms with Crippen LogP contribution in [0.1, 0.15) is 40.0 Å². The van der Waals surface area contributed by atoms with Crippen molar-refractivity contribution in [1.29, 1.82) is 0 Å². The zero-order valence-electron chi connectivity index (χ0n) is 11.7. The summed E-state index contributed by atoms with van der Waals surface area (Å²) in [5, 5.41) is 9.10. The lowest BCUT2D eigenvalue weighted by molar-refractivity contribution is 0.00599. The van der Waals surface area contributed by atoms with Gasteiger partial charge in [0.25, 0.3) is 0 Å². The summed E-state index contributed by atoms with van der Waals surface area (Å²) < 4.78 is 5.43. The molecule has 0 aromatic carbocycles. The minimum absolute atomic E-state index is 0.179. The first-order chi connectivity index (χ1) is 8.40. The lowest BCUT2D eigenvalue weighted by atomic mass is 9.83. The number of aliphatic hydroxyl groups is 1. The van der Waals surface area contributed by atoms with Gasteiger partial charge in [0.05, 0.1) is 0 Å². The highest BCUT2D eigenvalue weighted by molar-refractivity contribution is 5.68. The van der Waals surface area contributed by atoms with E-state index in [1.807, 2.05) is 25.7 Å². The van der Waals surface area contributed by atoms with Crippen molar-refractivity contribution in [3.05, 3.63) is 0 Å². The Morgan fingerprint density at radius 1 is 1.28 bits per heavy atom. The van der Waals surface area contributed by atoms with Crippen LogP contribution in [0, 0.1) is 17.8 Å². The smallest absolute Gasteiger partial charge is 0.410 e. The van der Waals surface area contributed by atoms with Crippen LogP contribution in [0.15, 0.2) is 0 Å². The first-order valence-corrected chi connectivity index (χ1v) is 6.99. The van der Waals surface area contributed by atoms with Crippen molar-refractivity contribution in [1.82, 2.24) is 4.90 Å². The molecule has 0 aromatic rings. The monoisotopic (exact) mass is 255 g/mol. The second kappa shape index (κ2) is 5.08. The van der Waals surface area contributed by atoms with Gasteiger partial charge in [-0.15, -0.1) is 0 Å². The van der Waals surface area contributed by atoms with Crippen LogP contribution < -0.4 is 0 Å². The number of carbonyl (C=O) groups is 1. The van der Waals surface area contributed by atoms with E-state index >= 15 is 0 Å². The molecule has 4 heteroatoms. The van der Waals surface area contributed by atoms with Gasteiger partial charge in [0.15, 0.2) is 0 Å². The van der Waals surface area contributed by atoms with E-state index in [9.17, 15) is 4.79 Å². The number of carbonyl (C=O) groups excluding carboxylic acids is 1. The quantitative estimate of drug-likeness (QED) is 0.823. The molecule has 2 rings (SSSR count). The third kappa shape index (κ3) is 2.97. The van der Waals surface area contributed by atoms with Gasteiger partial charge in [-0.3, -0.25) is 0 Å². The molecule has 2 unspecified atom stereocenters. The summed E-state index contributed by atoms with van der Waals surface area (Å²) in [4.78, 5) is 13.9. The Morgan fingerprint density at radius 2 is 1.83 bits per heavy atom. The van der Waals surface area contributed by atoms with Crippen LogP contribution in [-0.4, -0.2) is 41.4 Å². The Kier molecular flexibility index (Phi) is 3.85. The summed E-state index contributed by atoms with van der Waals surface area (Å²) in [6.07, 6.45) is 3.09. The zero-order chi connectivity index (χ0) is 13.3. The van der Waals surface area contributed by atoms with Gasteiger partial charge in [-0.1, -0.05) is 0 Å². The van der Waals surface area contributed by atoms with E-state index < -0.39 is 5.60 Å². The van der Waals surface area contributed by atoms with Gasteiger partial charge >= 0.3 is 6.09 Å². The predicted molar refractivity (Wildman–Crippen MR) is 69.2 cm³/mol. The first kappa shape index (κ1) is 13.7. The van der Waals surface area contributed by atoms with Gasteiger partial charge in [-0.25, -0.2) is 4.79 Å². The molecule has 18 heavy (non-hydrogen) atoms. The number of hydrogen-bond acceptors (Lipinski definition) is 3. The number of piperidine rings is 1. The summed E-state index contributed by atoms with van der Waals surface area (Å²) in [7, 11) is 0. The zero-order valence-corrected chi connectivity index (χ0v) is 11.7. The molecule has 2 aliphatic rings. The van der Waals surface area contributed by atoms with E-state index in [1.165, 1.54) is 12.8 Å². The highest BCUT2D eigenvalue weighted by atomic mass is 16.6. The number of rotatable bonds is 2. The molecule has 1 aliphatic heterocycles. The van der Waals surface area contributed by atoms with Crippen molar-refractivity contribution >= 4 is 6.09 Å². The first-order valence-electron chi connectivity index (χ1n) is 6.99. The fourth-order valence-corrected chi connectivity index (χ4v) is 3.43. The van der Waals surface area contributed by atoms with Gasteiger partial charge in [0.1, 0.15) is 5.60 Å². The average Bonchev–Trinajstić information content (AvgIpc) is 2.49.